The molecule has 0 aromatic heterocycles. The largest absolute Gasteiger partial charge is 0.493 e. The van der Waals surface area contributed by atoms with Crippen molar-refractivity contribution < 1.29 is 14.6 Å². The number of methoxy groups -OCH3 is 1. The molecule has 0 bridgehead atoms. The Bertz CT molecular complexity index is 656. The normalized spacial score (nSPS) is 10.6. The summed E-state index contributed by atoms with van der Waals surface area (Å²) in [5.74, 6) is 1.51. The molecule has 0 aliphatic rings. The van der Waals surface area contributed by atoms with Gasteiger partial charge in [0.1, 0.15) is 0 Å². The predicted molar refractivity (Wildman–Crippen MR) is 103 cm³/mol. The van der Waals surface area contributed by atoms with Crippen LogP contribution in [-0.2, 0) is 6.54 Å². The molecule has 0 radical (unpaired) electrons. The number of aliphatic hydroxyl groups is 1. The maximum absolute atomic E-state index is 9.00. The van der Waals surface area contributed by atoms with Gasteiger partial charge in [0.05, 0.1) is 19.8 Å². The van der Waals surface area contributed by atoms with E-state index in [1.807, 2.05) is 68.3 Å². The second kappa shape index (κ2) is 9.18. The lowest BCUT2D eigenvalue weighted by atomic mass is 10.2. The van der Waals surface area contributed by atoms with Crippen LogP contribution in [0.25, 0.3) is 0 Å². The quantitative estimate of drug-likeness (QED) is 0.729. The van der Waals surface area contributed by atoms with E-state index < -0.39 is 0 Å². The van der Waals surface area contributed by atoms with Crippen LogP contribution >= 0.6 is 0 Å². The molecule has 0 heterocycles. The molecule has 0 atom stereocenters. The second-order valence-electron chi connectivity index (χ2n) is 6.20. The zero-order chi connectivity index (χ0) is 18.2. The summed E-state index contributed by atoms with van der Waals surface area (Å²) in [5, 5.41) is 12.4. The number of rotatable bonds is 9. The lowest BCUT2D eigenvalue weighted by Gasteiger charge is -2.18. The van der Waals surface area contributed by atoms with E-state index in [1.165, 1.54) is 0 Å². The minimum absolute atomic E-state index is 0.111. The molecule has 2 aromatic rings. The molecule has 0 aliphatic heterocycles. The zero-order valence-electron chi connectivity index (χ0n) is 15.5. The van der Waals surface area contributed by atoms with Crippen molar-refractivity contribution in [1.29, 1.82) is 0 Å². The van der Waals surface area contributed by atoms with Crippen LogP contribution in [-0.4, -0.2) is 38.5 Å². The standard InChI is InChI=1S/C20H28N2O3/c1-15(2)25-19-10-5-16(13-20(19)24-4)14-21-17-6-8-18(9-7-17)22(3)11-12-23/h5-10,13,15,21,23H,11-12,14H2,1-4H3. The Labute approximate surface area is 150 Å². The molecule has 2 aromatic carbocycles. The molecule has 0 spiro atoms. The molecule has 2 rings (SSSR count). The lowest BCUT2D eigenvalue weighted by molar-refractivity contribution is 0.230. The van der Waals surface area contributed by atoms with Crippen LogP contribution in [0.1, 0.15) is 19.4 Å². The number of ether oxygens (including phenoxy) is 2. The summed E-state index contributed by atoms with van der Waals surface area (Å²) in [4.78, 5) is 2.02. The number of nitrogens with one attached hydrogen (secondary N) is 1. The Hall–Kier alpha value is -2.40. The Morgan fingerprint density at radius 2 is 1.80 bits per heavy atom. The number of benzene rings is 2. The van der Waals surface area contributed by atoms with Gasteiger partial charge in [0, 0.05) is 31.5 Å². The van der Waals surface area contributed by atoms with Crippen LogP contribution in [0.4, 0.5) is 11.4 Å². The first kappa shape index (κ1) is 18.9. The highest BCUT2D eigenvalue weighted by Gasteiger charge is 2.07. The monoisotopic (exact) mass is 344 g/mol. The van der Waals surface area contributed by atoms with E-state index in [0.29, 0.717) is 13.1 Å². The fraction of sp³-hybridized carbons (Fsp3) is 0.400. The summed E-state index contributed by atoms with van der Waals surface area (Å²) in [5.41, 5.74) is 3.24. The smallest absolute Gasteiger partial charge is 0.161 e. The van der Waals surface area contributed by atoms with Gasteiger partial charge in [0.15, 0.2) is 11.5 Å². The fourth-order valence-electron chi connectivity index (χ4n) is 2.49. The van der Waals surface area contributed by atoms with E-state index >= 15 is 0 Å². The summed E-state index contributed by atoms with van der Waals surface area (Å²) < 4.78 is 11.2. The number of aliphatic hydroxyl groups excluding tert-OH is 1. The first-order valence-electron chi connectivity index (χ1n) is 8.53. The van der Waals surface area contributed by atoms with Gasteiger partial charge in [-0.25, -0.2) is 0 Å². The van der Waals surface area contributed by atoms with Crippen molar-refractivity contribution in [3.05, 3.63) is 48.0 Å². The van der Waals surface area contributed by atoms with Crippen molar-refractivity contribution in [3.63, 3.8) is 0 Å². The summed E-state index contributed by atoms with van der Waals surface area (Å²) in [7, 11) is 3.62. The SMILES string of the molecule is COc1cc(CNc2ccc(N(C)CCO)cc2)ccc1OC(C)C. The predicted octanol–water partition coefficient (Wildman–Crippen LogP) is 3.52. The third kappa shape index (κ3) is 5.57. The maximum Gasteiger partial charge on any atom is 0.161 e. The number of nitrogens with zero attached hydrogens (tertiary/aromatic N) is 1. The number of likely N-dealkylation sites (N-methyl/N-ethyl adjacent to an activating group) is 1. The summed E-state index contributed by atoms with van der Waals surface area (Å²) in [6.07, 6.45) is 0.111. The van der Waals surface area contributed by atoms with Gasteiger partial charge in [-0.15, -0.1) is 0 Å². The van der Waals surface area contributed by atoms with Crippen molar-refractivity contribution >= 4 is 11.4 Å². The van der Waals surface area contributed by atoms with E-state index in [4.69, 9.17) is 14.6 Å². The molecular weight excluding hydrogens is 316 g/mol. The number of hydrogen-bond acceptors (Lipinski definition) is 5. The molecule has 2 N–H and O–H groups in total. The Morgan fingerprint density at radius 3 is 2.40 bits per heavy atom. The van der Waals surface area contributed by atoms with E-state index in [1.54, 1.807) is 7.11 Å². The highest BCUT2D eigenvalue weighted by molar-refractivity contribution is 5.55. The fourth-order valence-corrected chi connectivity index (χ4v) is 2.49. The minimum Gasteiger partial charge on any atom is -0.493 e. The topological polar surface area (TPSA) is 54.0 Å². The molecule has 0 fully saturated rings. The maximum atomic E-state index is 9.00. The molecule has 0 aliphatic carbocycles. The molecule has 5 nitrogen and oxygen atoms in total. The summed E-state index contributed by atoms with van der Waals surface area (Å²) >= 11 is 0. The van der Waals surface area contributed by atoms with E-state index in [-0.39, 0.29) is 12.7 Å². The summed E-state index contributed by atoms with van der Waals surface area (Å²) in [6, 6.07) is 14.1. The van der Waals surface area contributed by atoms with Crippen LogP contribution < -0.4 is 19.7 Å². The Balaban J connectivity index is 1.98. The van der Waals surface area contributed by atoms with Gasteiger partial charge in [-0.1, -0.05) is 6.07 Å². The lowest BCUT2D eigenvalue weighted by Crippen LogP contribution is -2.20. The highest BCUT2D eigenvalue weighted by Crippen LogP contribution is 2.29. The van der Waals surface area contributed by atoms with Gasteiger partial charge in [0.2, 0.25) is 0 Å². The third-order valence-corrected chi connectivity index (χ3v) is 3.83. The van der Waals surface area contributed by atoms with Crippen molar-refractivity contribution in [3.8, 4) is 11.5 Å². The molecular formula is C20H28N2O3. The van der Waals surface area contributed by atoms with Crippen LogP contribution in [0.3, 0.4) is 0 Å². The van der Waals surface area contributed by atoms with E-state index in [2.05, 4.69) is 5.32 Å². The van der Waals surface area contributed by atoms with Gasteiger partial charge < -0.3 is 24.8 Å². The van der Waals surface area contributed by atoms with Gasteiger partial charge in [-0.2, -0.15) is 0 Å². The van der Waals surface area contributed by atoms with Crippen molar-refractivity contribution in [2.75, 3.05) is 37.5 Å². The average molecular weight is 344 g/mol. The second-order valence-corrected chi connectivity index (χ2v) is 6.20. The number of anilines is 2. The molecule has 0 saturated heterocycles. The number of hydrogen-bond donors (Lipinski definition) is 2. The molecule has 0 unspecified atom stereocenters. The average Bonchev–Trinajstić information content (AvgIpc) is 2.61. The van der Waals surface area contributed by atoms with Crippen molar-refractivity contribution in [2.45, 2.75) is 26.5 Å². The van der Waals surface area contributed by atoms with E-state index in [0.717, 1.165) is 28.4 Å². The summed E-state index contributed by atoms with van der Waals surface area (Å²) in [6.45, 7) is 5.46. The minimum atomic E-state index is 0.111. The van der Waals surface area contributed by atoms with E-state index in [9.17, 15) is 0 Å². The van der Waals surface area contributed by atoms with Gasteiger partial charge in [0.25, 0.3) is 0 Å². The molecule has 25 heavy (non-hydrogen) atoms. The molecule has 5 heteroatoms. The van der Waals surface area contributed by atoms with Gasteiger partial charge >= 0.3 is 0 Å². The van der Waals surface area contributed by atoms with Crippen LogP contribution in [0.15, 0.2) is 42.5 Å². The molecule has 0 amide bonds. The first-order valence-corrected chi connectivity index (χ1v) is 8.53. The van der Waals surface area contributed by atoms with Gasteiger partial charge in [-0.3, -0.25) is 0 Å². The van der Waals surface area contributed by atoms with Crippen LogP contribution in [0.5, 0.6) is 11.5 Å². The van der Waals surface area contributed by atoms with Crippen LogP contribution in [0, 0.1) is 0 Å². The zero-order valence-corrected chi connectivity index (χ0v) is 15.5. The highest BCUT2D eigenvalue weighted by atomic mass is 16.5. The molecule has 136 valence electrons. The van der Waals surface area contributed by atoms with Crippen molar-refractivity contribution in [2.24, 2.45) is 0 Å². The first-order chi connectivity index (χ1) is 12.0. The Morgan fingerprint density at radius 1 is 1.08 bits per heavy atom. The van der Waals surface area contributed by atoms with Crippen LogP contribution in [0.2, 0.25) is 0 Å². The Kier molecular flexibility index (Phi) is 6.95. The van der Waals surface area contributed by atoms with Crippen molar-refractivity contribution in [1.82, 2.24) is 0 Å². The third-order valence-electron chi connectivity index (χ3n) is 3.83. The molecule has 0 saturated carbocycles. The van der Waals surface area contributed by atoms with Gasteiger partial charge in [-0.05, 0) is 55.8 Å².